The van der Waals surface area contributed by atoms with Crippen LogP contribution in [-0.4, -0.2) is 24.0 Å². The molecule has 0 spiro atoms. The lowest BCUT2D eigenvalue weighted by Crippen LogP contribution is -2.27. The summed E-state index contributed by atoms with van der Waals surface area (Å²) < 4.78 is 4.62. The van der Waals surface area contributed by atoms with Crippen molar-refractivity contribution in [2.24, 2.45) is 0 Å². The number of rotatable bonds is 4. The number of carbonyl (C=O) groups excluding carboxylic acids is 2. The molecule has 5 heteroatoms. The molecule has 0 aliphatic carbocycles. The van der Waals surface area contributed by atoms with E-state index in [1.165, 1.54) is 25.4 Å². The van der Waals surface area contributed by atoms with Gasteiger partial charge in [-0.25, -0.2) is 4.79 Å². The first-order valence-corrected chi connectivity index (χ1v) is 7.93. The largest absolute Gasteiger partial charge is 0.465 e. The van der Waals surface area contributed by atoms with E-state index < -0.39 is 5.97 Å². The van der Waals surface area contributed by atoms with Gasteiger partial charge in [0.1, 0.15) is 5.69 Å². The molecule has 5 nitrogen and oxygen atoms in total. The number of hydrogen-bond acceptors (Lipinski definition) is 4. The van der Waals surface area contributed by atoms with Gasteiger partial charge < -0.3 is 10.1 Å². The van der Waals surface area contributed by atoms with Gasteiger partial charge in [0, 0.05) is 6.20 Å². The van der Waals surface area contributed by atoms with Gasteiger partial charge in [0.05, 0.1) is 18.7 Å². The molecule has 1 aromatic heterocycles. The predicted octanol–water partition coefficient (Wildman–Crippen LogP) is 3.51. The summed E-state index contributed by atoms with van der Waals surface area (Å²) in [6, 6.07) is 16.9. The van der Waals surface area contributed by atoms with E-state index in [0.29, 0.717) is 5.56 Å². The minimum atomic E-state index is -0.483. The van der Waals surface area contributed by atoms with Crippen LogP contribution in [0.15, 0.2) is 60.8 Å². The average Bonchev–Trinajstić information content (AvgIpc) is 2.66. The van der Waals surface area contributed by atoms with Crippen molar-refractivity contribution >= 4 is 22.6 Å². The molecular weight excluding hydrogens is 316 g/mol. The molecule has 0 bridgehead atoms. The summed E-state index contributed by atoms with van der Waals surface area (Å²) in [5.41, 5.74) is 1.60. The van der Waals surface area contributed by atoms with Gasteiger partial charge in [0.15, 0.2) is 0 Å². The number of hydrogen-bond donors (Lipinski definition) is 1. The van der Waals surface area contributed by atoms with Crippen LogP contribution in [0.1, 0.15) is 39.4 Å². The van der Waals surface area contributed by atoms with Crippen LogP contribution in [0, 0.1) is 0 Å². The van der Waals surface area contributed by atoms with Crippen LogP contribution in [0.3, 0.4) is 0 Å². The Morgan fingerprint density at radius 3 is 2.52 bits per heavy atom. The number of carbonyl (C=O) groups is 2. The predicted molar refractivity (Wildman–Crippen MR) is 95.4 cm³/mol. The van der Waals surface area contributed by atoms with Crippen molar-refractivity contribution < 1.29 is 14.3 Å². The Balaban J connectivity index is 1.79. The molecular formula is C20H18N2O3. The molecule has 1 heterocycles. The lowest BCUT2D eigenvalue weighted by atomic mass is 9.99. The van der Waals surface area contributed by atoms with E-state index >= 15 is 0 Å². The summed E-state index contributed by atoms with van der Waals surface area (Å²) in [4.78, 5) is 27.9. The van der Waals surface area contributed by atoms with Gasteiger partial charge in [-0.15, -0.1) is 0 Å². The second-order valence-electron chi connectivity index (χ2n) is 5.69. The van der Waals surface area contributed by atoms with Crippen molar-refractivity contribution in [3.63, 3.8) is 0 Å². The first kappa shape index (κ1) is 16.6. The molecule has 1 atom stereocenters. The summed E-state index contributed by atoms with van der Waals surface area (Å²) in [6.45, 7) is 1.93. The van der Waals surface area contributed by atoms with Crippen molar-refractivity contribution in [3.8, 4) is 0 Å². The van der Waals surface area contributed by atoms with Crippen molar-refractivity contribution in [2.75, 3.05) is 7.11 Å². The van der Waals surface area contributed by atoms with Gasteiger partial charge in [-0.05, 0) is 35.4 Å². The number of fused-ring (bicyclic) bond motifs is 1. The van der Waals surface area contributed by atoms with E-state index in [0.717, 1.165) is 16.3 Å². The second-order valence-corrected chi connectivity index (χ2v) is 5.69. The molecule has 1 unspecified atom stereocenters. The normalized spacial score (nSPS) is 11.8. The molecule has 1 N–H and O–H groups in total. The van der Waals surface area contributed by atoms with Crippen molar-refractivity contribution in [2.45, 2.75) is 13.0 Å². The number of esters is 1. The zero-order chi connectivity index (χ0) is 17.8. The molecule has 126 valence electrons. The van der Waals surface area contributed by atoms with Crippen LogP contribution in [-0.2, 0) is 4.74 Å². The maximum atomic E-state index is 12.4. The van der Waals surface area contributed by atoms with Gasteiger partial charge in [-0.2, -0.15) is 0 Å². The fourth-order valence-electron chi connectivity index (χ4n) is 2.74. The number of aromatic nitrogens is 1. The Labute approximate surface area is 145 Å². The SMILES string of the molecule is COC(=O)c1ccc(C(=O)NC(C)c2cccc3ccccc23)nc1. The van der Waals surface area contributed by atoms with Crippen molar-refractivity contribution in [1.29, 1.82) is 0 Å². The Hall–Kier alpha value is -3.21. The zero-order valence-corrected chi connectivity index (χ0v) is 14.0. The quantitative estimate of drug-likeness (QED) is 0.741. The van der Waals surface area contributed by atoms with E-state index in [1.54, 1.807) is 0 Å². The monoisotopic (exact) mass is 334 g/mol. The zero-order valence-electron chi connectivity index (χ0n) is 14.0. The Morgan fingerprint density at radius 1 is 1.04 bits per heavy atom. The topological polar surface area (TPSA) is 68.3 Å². The van der Waals surface area contributed by atoms with Gasteiger partial charge >= 0.3 is 5.97 Å². The molecule has 1 amide bonds. The Kier molecular flexibility index (Phi) is 4.75. The first-order chi connectivity index (χ1) is 12.1. The summed E-state index contributed by atoms with van der Waals surface area (Å²) in [6.07, 6.45) is 1.34. The minimum Gasteiger partial charge on any atom is -0.465 e. The van der Waals surface area contributed by atoms with Crippen LogP contribution in [0.2, 0.25) is 0 Å². The minimum absolute atomic E-state index is 0.180. The van der Waals surface area contributed by atoms with E-state index in [9.17, 15) is 9.59 Å². The molecule has 0 saturated heterocycles. The van der Waals surface area contributed by atoms with E-state index in [1.807, 2.05) is 49.4 Å². The van der Waals surface area contributed by atoms with Gasteiger partial charge in [0.25, 0.3) is 5.91 Å². The van der Waals surface area contributed by atoms with Crippen LogP contribution in [0.4, 0.5) is 0 Å². The highest BCUT2D eigenvalue weighted by Gasteiger charge is 2.15. The average molecular weight is 334 g/mol. The highest BCUT2D eigenvalue weighted by molar-refractivity contribution is 5.95. The number of ether oxygens (including phenoxy) is 1. The van der Waals surface area contributed by atoms with Gasteiger partial charge in [-0.1, -0.05) is 42.5 Å². The smallest absolute Gasteiger partial charge is 0.339 e. The number of amides is 1. The standard InChI is InChI=1S/C20H18N2O3/c1-13(16-9-5-7-14-6-3-4-8-17(14)16)22-19(23)18-11-10-15(12-21-18)20(24)25-2/h3-13H,1-2H3,(H,22,23). The van der Waals surface area contributed by atoms with E-state index in [4.69, 9.17) is 0 Å². The molecule has 3 rings (SSSR count). The first-order valence-electron chi connectivity index (χ1n) is 7.93. The summed E-state index contributed by atoms with van der Waals surface area (Å²) in [7, 11) is 1.30. The third-order valence-electron chi connectivity index (χ3n) is 4.05. The molecule has 0 radical (unpaired) electrons. The van der Waals surface area contributed by atoms with Gasteiger partial charge in [-0.3, -0.25) is 9.78 Å². The molecule has 25 heavy (non-hydrogen) atoms. The highest BCUT2D eigenvalue weighted by atomic mass is 16.5. The van der Waals surface area contributed by atoms with Crippen molar-refractivity contribution in [1.82, 2.24) is 10.3 Å². The summed E-state index contributed by atoms with van der Waals surface area (Å²) in [5.74, 6) is -0.777. The molecule has 3 aromatic rings. The molecule has 0 aliphatic rings. The lowest BCUT2D eigenvalue weighted by molar-refractivity contribution is 0.0599. The summed E-state index contributed by atoms with van der Waals surface area (Å²) >= 11 is 0. The second kappa shape index (κ2) is 7.13. The van der Waals surface area contributed by atoms with E-state index in [2.05, 4.69) is 15.0 Å². The van der Waals surface area contributed by atoms with Gasteiger partial charge in [0.2, 0.25) is 0 Å². The van der Waals surface area contributed by atoms with Crippen molar-refractivity contribution in [3.05, 3.63) is 77.6 Å². The van der Waals surface area contributed by atoms with Crippen LogP contribution in [0.25, 0.3) is 10.8 Å². The summed E-state index contributed by atoms with van der Waals surface area (Å²) in [5, 5.41) is 5.18. The fraction of sp³-hybridized carbons (Fsp3) is 0.150. The lowest BCUT2D eigenvalue weighted by Gasteiger charge is -2.16. The van der Waals surface area contributed by atoms with Crippen LogP contribution < -0.4 is 5.32 Å². The molecule has 0 fully saturated rings. The van der Waals surface area contributed by atoms with Crippen LogP contribution >= 0.6 is 0 Å². The molecule has 0 aliphatic heterocycles. The molecule has 0 saturated carbocycles. The number of benzene rings is 2. The maximum Gasteiger partial charge on any atom is 0.339 e. The number of nitrogens with zero attached hydrogens (tertiary/aromatic N) is 1. The molecule has 2 aromatic carbocycles. The van der Waals surface area contributed by atoms with E-state index in [-0.39, 0.29) is 17.6 Å². The number of nitrogens with one attached hydrogen (secondary N) is 1. The third-order valence-corrected chi connectivity index (χ3v) is 4.05. The third kappa shape index (κ3) is 3.50. The fourth-order valence-corrected chi connectivity index (χ4v) is 2.74. The van der Waals surface area contributed by atoms with Crippen LogP contribution in [0.5, 0.6) is 0 Å². The maximum absolute atomic E-state index is 12.4. The highest BCUT2D eigenvalue weighted by Crippen LogP contribution is 2.24. The Morgan fingerprint density at radius 2 is 1.80 bits per heavy atom. The number of methoxy groups -OCH3 is 1. The Bertz CT molecular complexity index is 914. The number of pyridine rings is 1.